The summed E-state index contributed by atoms with van der Waals surface area (Å²) in [7, 11) is 0. The molecule has 1 heteroatoms. The van der Waals surface area contributed by atoms with Crippen LogP contribution in [0.25, 0.3) is 0 Å². The predicted octanol–water partition coefficient (Wildman–Crippen LogP) is 18.2. The van der Waals surface area contributed by atoms with Gasteiger partial charge in [-0.3, -0.25) is 0 Å². The lowest BCUT2D eigenvalue weighted by atomic mass is 9.72. The molecule has 0 atom stereocenters. The lowest BCUT2D eigenvalue weighted by molar-refractivity contribution is 0.0327. The van der Waals surface area contributed by atoms with E-state index in [1.54, 1.807) is 0 Å². The molecule has 1 nitrogen and oxygen atoms in total. The van der Waals surface area contributed by atoms with Gasteiger partial charge in [-0.25, -0.2) is 0 Å². The summed E-state index contributed by atoms with van der Waals surface area (Å²) >= 11 is 0. The standard InChI is InChI=1S/2C8H16.C7H14O.C7H14.C6H12.C5H10.6CH4/c2*1-8(2)6-4-3-5-7-8;1-7(2)3-5-8-6-4-7;1-7(2)5-3-4-6-7;1-6(2)4-3-5-6;1-5(2)3-4-5;;;;;;/h2*3-7H2,1-2H3;3-6H2,1-2H3;3-6H2,1-2H3;3-5H2,1-2H3;3-4H2,1-2H3;6*1H4. The Morgan fingerprint density at radius 2 is 0.396 bits per heavy atom. The third-order valence-corrected chi connectivity index (χ3v) is 11.2. The molecular formula is C47H106O. The van der Waals surface area contributed by atoms with E-state index in [-0.39, 0.29) is 44.6 Å². The quantitative estimate of drug-likeness (QED) is 0.246. The second kappa shape index (κ2) is 27.6. The summed E-state index contributed by atoms with van der Waals surface area (Å²) in [5, 5.41) is 0. The van der Waals surface area contributed by atoms with Crippen LogP contribution in [0.15, 0.2) is 0 Å². The highest BCUT2D eigenvalue weighted by Gasteiger charge is 2.30. The molecule has 0 unspecified atom stereocenters. The van der Waals surface area contributed by atoms with E-state index in [4.69, 9.17) is 4.74 Å². The van der Waals surface area contributed by atoms with Gasteiger partial charge in [-0.15, -0.1) is 0 Å². The van der Waals surface area contributed by atoms with Crippen LogP contribution in [-0.4, -0.2) is 13.2 Å². The SMILES string of the molecule is C.C.C.C.C.C.CC1(C)CC1.CC1(C)CCC1.CC1(C)CCCC1.CC1(C)CCCCC1.CC1(C)CCCCC1.CC1(C)CCOCC1. The molecule has 0 bridgehead atoms. The Balaban J connectivity index is -0.000000108. The fourth-order valence-corrected chi connectivity index (χ4v) is 6.41. The molecule has 6 aliphatic rings. The van der Waals surface area contributed by atoms with Crippen molar-refractivity contribution in [3.8, 4) is 0 Å². The first kappa shape index (κ1) is 60.1. The molecule has 5 aliphatic carbocycles. The zero-order chi connectivity index (χ0) is 32.0. The van der Waals surface area contributed by atoms with Gasteiger partial charge in [-0.2, -0.15) is 0 Å². The third-order valence-electron chi connectivity index (χ3n) is 11.2. The number of hydrogen-bond acceptors (Lipinski definition) is 1. The van der Waals surface area contributed by atoms with Gasteiger partial charge in [0.15, 0.2) is 0 Å². The van der Waals surface area contributed by atoms with E-state index in [0.29, 0.717) is 21.7 Å². The van der Waals surface area contributed by atoms with Gasteiger partial charge in [0.1, 0.15) is 0 Å². The molecule has 0 spiro atoms. The van der Waals surface area contributed by atoms with Crippen molar-refractivity contribution in [2.24, 2.45) is 32.5 Å². The van der Waals surface area contributed by atoms with Gasteiger partial charge < -0.3 is 4.74 Å². The molecule has 0 aromatic heterocycles. The average molecular weight is 687 g/mol. The largest absolute Gasteiger partial charge is 0.381 e. The van der Waals surface area contributed by atoms with Crippen LogP contribution in [0.2, 0.25) is 0 Å². The molecule has 6 rings (SSSR count). The number of ether oxygens (including phenoxy) is 1. The van der Waals surface area contributed by atoms with Gasteiger partial charge >= 0.3 is 0 Å². The van der Waals surface area contributed by atoms with Crippen LogP contribution in [0.5, 0.6) is 0 Å². The third kappa shape index (κ3) is 34.4. The summed E-state index contributed by atoms with van der Waals surface area (Å²) in [5.74, 6) is 0. The Morgan fingerprint density at radius 1 is 0.229 bits per heavy atom. The second-order valence-corrected chi connectivity index (χ2v) is 19.8. The van der Waals surface area contributed by atoms with E-state index in [2.05, 4.69) is 83.1 Å². The predicted molar refractivity (Wildman–Crippen MR) is 231 cm³/mol. The Morgan fingerprint density at radius 3 is 0.479 bits per heavy atom. The number of rotatable bonds is 0. The first-order valence-electron chi connectivity index (χ1n) is 18.8. The van der Waals surface area contributed by atoms with Crippen LogP contribution in [0.3, 0.4) is 0 Å². The van der Waals surface area contributed by atoms with Gasteiger partial charge in [0.2, 0.25) is 0 Å². The smallest absolute Gasteiger partial charge is 0.0471 e. The summed E-state index contributed by atoms with van der Waals surface area (Å²) < 4.78 is 5.21. The van der Waals surface area contributed by atoms with Gasteiger partial charge in [-0.05, 0) is 110 Å². The zero-order valence-corrected chi connectivity index (χ0v) is 31.7. The van der Waals surface area contributed by atoms with Crippen molar-refractivity contribution in [2.75, 3.05) is 13.2 Å². The fourth-order valence-electron chi connectivity index (χ4n) is 6.41. The molecule has 1 saturated heterocycles. The molecule has 0 amide bonds. The Bertz CT molecular complexity index is 596. The van der Waals surface area contributed by atoms with Crippen LogP contribution in [0.1, 0.15) is 262 Å². The highest BCUT2D eigenvalue weighted by molar-refractivity contribution is 4.82. The molecule has 1 aliphatic heterocycles. The maximum absolute atomic E-state index is 5.21. The van der Waals surface area contributed by atoms with E-state index in [1.807, 2.05) is 0 Å². The first-order valence-corrected chi connectivity index (χ1v) is 18.8. The van der Waals surface area contributed by atoms with Gasteiger partial charge in [0.25, 0.3) is 0 Å². The topological polar surface area (TPSA) is 9.23 Å². The summed E-state index contributed by atoms with van der Waals surface area (Å²) in [6.07, 6.45) is 30.2. The first-order chi connectivity index (χ1) is 19.2. The van der Waals surface area contributed by atoms with Crippen molar-refractivity contribution < 1.29 is 4.74 Å². The van der Waals surface area contributed by atoms with Crippen molar-refractivity contribution in [1.82, 2.24) is 0 Å². The molecule has 6 fully saturated rings. The molecule has 0 aromatic rings. The molecule has 1 heterocycles. The maximum atomic E-state index is 5.21. The van der Waals surface area contributed by atoms with Crippen molar-refractivity contribution in [3.63, 3.8) is 0 Å². The van der Waals surface area contributed by atoms with Crippen molar-refractivity contribution in [2.45, 2.75) is 262 Å². The molecule has 0 radical (unpaired) electrons. The molecule has 0 N–H and O–H groups in total. The van der Waals surface area contributed by atoms with Crippen LogP contribution in [0, 0.1) is 32.5 Å². The van der Waals surface area contributed by atoms with Gasteiger partial charge in [0, 0.05) is 13.2 Å². The molecule has 0 aromatic carbocycles. The fraction of sp³-hybridized carbons (Fsp3) is 1.00. The second-order valence-electron chi connectivity index (χ2n) is 19.8. The molecule has 300 valence electrons. The Labute approximate surface area is 312 Å². The Hall–Kier alpha value is -0.0400. The van der Waals surface area contributed by atoms with Crippen molar-refractivity contribution >= 4 is 0 Å². The zero-order valence-electron chi connectivity index (χ0n) is 31.7. The van der Waals surface area contributed by atoms with E-state index in [1.165, 1.54) is 135 Å². The minimum atomic E-state index is 0. The van der Waals surface area contributed by atoms with E-state index >= 15 is 0 Å². The van der Waals surface area contributed by atoms with E-state index in [0.717, 1.165) is 24.0 Å². The summed E-state index contributed by atoms with van der Waals surface area (Å²) in [6.45, 7) is 30.0. The van der Waals surface area contributed by atoms with Crippen molar-refractivity contribution in [1.29, 1.82) is 0 Å². The lowest BCUT2D eigenvalue weighted by Gasteiger charge is -2.33. The summed E-state index contributed by atoms with van der Waals surface area (Å²) in [6, 6.07) is 0. The Kier molecular flexibility index (Phi) is 34.5. The van der Waals surface area contributed by atoms with E-state index in [9.17, 15) is 0 Å². The molecule has 5 saturated carbocycles. The van der Waals surface area contributed by atoms with Gasteiger partial charge in [0.05, 0.1) is 0 Å². The lowest BCUT2D eigenvalue weighted by Crippen LogP contribution is -2.22. The van der Waals surface area contributed by atoms with E-state index < -0.39 is 0 Å². The highest BCUT2D eigenvalue weighted by Crippen LogP contribution is 2.43. The summed E-state index contributed by atoms with van der Waals surface area (Å²) in [4.78, 5) is 0. The highest BCUT2D eigenvalue weighted by atomic mass is 16.5. The number of hydrogen-bond donors (Lipinski definition) is 0. The average Bonchev–Trinajstić information content (AvgIpc) is 3.40. The van der Waals surface area contributed by atoms with Crippen LogP contribution >= 0.6 is 0 Å². The van der Waals surface area contributed by atoms with Crippen LogP contribution in [-0.2, 0) is 4.74 Å². The maximum Gasteiger partial charge on any atom is 0.0471 e. The van der Waals surface area contributed by atoms with Crippen molar-refractivity contribution in [3.05, 3.63) is 0 Å². The molecular weight excluding hydrogens is 581 g/mol. The minimum Gasteiger partial charge on any atom is -0.381 e. The molecule has 48 heavy (non-hydrogen) atoms. The van der Waals surface area contributed by atoms with Gasteiger partial charge in [-0.1, -0.05) is 185 Å². The summed E-state index contributed by atoms with van der Waals surface area (Å²) in [5.41, 5.74) is 4.08. The normalized spacial score (nSPS) is 24.8. The van der Waals surface area contributed by atoms with Crippen LogP contribution < -0.4 is 0 Å². The monoisotopic (exact) mass is 687 g/mol. The minimum absolute atomic E-state index is 0. The van der Waals surface area contributed by atoms with Crippen LogP contribution in [0.4, 0.5) is 0 Å².